The lowest BCUT2D eigenvalue weighted by Gasteiger charge is -2.38. The van der Waals surface area contributed by atoms with Crippen molar-refractivity contribution < 1.29 is 0 Å². The lowest BCUT2D eigenvalue weighted by atomic mass is 10.0. The normalized spacial score (nSPS) is 24.1. The van der Waals surface area contributed by atoms with E-state index >= 15 is 0 Å². The summed E-state index contributed by atoms with van der Waals surface area (Å²) in [5, 5.41) is 5.13. The Hall–Kier alpha value is -0.670. The fraction of sp³-hybridized carbons (Fsp3) is 0.667. The molecule has 0 spiro atoms. The third-order valence-electron chi connectivity index (χ3n) is 4.12. The van der Waals surface area contributed by atoms with Crippen molar-refractivity contribution in [1.29, 1.82) is 0 Å². The number of hydrogen-bond acceptors (Lipinski definition) is 3. The number of thioether (sulfide) groups is 1. The van der Waals surface area contributed by atoms with Gasteiger partial charge in [0.25, 0.3) is 0 Å². The first-order valence-corrected chi connectivity index (χ1v) is 9.32. The molecular formula is C18H30N2S. The van der Waals surface area contributed by atoms with E-state index in [1.54, 1.807) is 0 Å². The smallest absolute Gasteiger partial charge is 0.0415 e. The van der Waals surface area contributed by atoms with E-state index in [0.29, 0.717) is 16.5 Å². The molecule has 0 bridgehead atoms. The van der Waals surface area contributed by atoms with Gasteiger partial charge in [-0.2, -0.15) is 11.8 Å². The number of benzene rings is 1. The van der Waals surface area contributed by atoms with Gasteiger partial charge >= 0.3 is 0 Å². The van der Waals surface area contributed by atoms with Gasteiger partial charge < -0.3 is 10.2 Å². The van der Waals surface area contributed by atoms with E-state index in [1.165, 1.54) is 17.7 Å². The van der Waals surface area contributed by atoms with Crippen LogP contribution >= 0.6 is 11.8 Å². The Morgan fingerprint density at radius 2 is 1.86 bits per heavy atom. The van der Waals surface area contributed by atoms with Gasteiger partial charge in [0.05, 0.1) is 0 Å². The summed E-state index contributed by atoms with van der Waals surface area (Å²) in [6, 6.07) is 9.45. The molecule has 21 heavy (non-hydrogen) atoms. The number of nitrogens with zero attached hydrogens (tertiary/aromatic N) is 1. The molecule has 1 aromatic rings. The van der Waals surface area contributed by atoms with Crippen LogP contribution in [0, 0.1) is 0 Å². The zero-order chi connectivity index (χ0) is 15.2. The first-order chi connectivity index (χ1) is 10.2. The highest BCUT2D eigenvalue weighted by Gasteiger charge is 2.25. The van der Waals surface area contributed by atoms with Crippen molar-refractivity contribution in [3.63, 3.8) is 0 Å². The number of nitrogens with one attached hydrogen (secondary N) is 1. The molecule has 1 saturated heterocycles. The van der Waals surface area contributed by atoms with Gasteiger partial charge in [0.15, 0.2) is 0 Å². The van der Waals surface area contributed by atoms with E-state index in [9.17, 15) is 0 Å². The molecule has 3 heteroatoms. The second-order valence-corrected chi connectivity index (χ2v) is 8.02. The number of anilines is 1. The summed E-state index contributed by atoms with van der Waals surface area (Å²) in [6.45, 7) is 12.6. The van der Waals surface area contributed by atoms with Crippen molar-refractivity contribution in [2.45, 2.75) is 57.1 Å². The molecule has 3 atom stereocenters. The van der Waals surface area contributed by atoms with Gasteiger partial charge in [-0.1, -0.05) is 45.9 Å². The highest BCUT2D eigenvalue weighted by atomic mass is 32.2. The molecular weight excluding hydrogens is 276 g/mol. The summed E-state index contributed by atoms with van der Waals surface area (Å²) in [5.41, 5.74) is 2.91. The zero-order valence-electron chi connectivity index (χ0n) is 13.9. The van der Waals surface area contributed by atoms with Crippen LogP contribution in [-0.2, 0) is 0 Å². The van der Waals surface area contributed by atoms with Crippen molar-refractivity contribution in [3.05, 3.63) is 29.8 Å². The second kappa shape index (κ2) is 8.09. The Bertz CT molecular complexity index is 425. The Labute approximate surface area is 134 Å². The Morgan fingerprint density at radius 1 is 1.19 bits per heavy atom. The van der Waals surface area contributed by atoms with Crippen LogP contribution < -0.4 is 10.2 Å². The molecule has 1 N–H and O–H groups in total. The minimum atomic E-state index is 0.473. The van der Waals surface area contributed by atoms with E-state index in [1.807, 2.05) is 0 Å². The molecule has 1 heterocycles. The standard InChI is InChI=1S/C18H30N2S/c1-5-11-19-17(6-2)16-9-7-8-10-18(16)20-12-14(3)21-15(4)13-20/h7-10,14-15,17,19H,5-6,11-13H2,1-4H3. The summed E-state index contributed by atoms with van der Waals surface area (Å²) >= 11 is 2.12. The maximum atomic E-state index is 3.71. The molecule has 3 unspecified atom stereocenters. The molecule has 118 valence electrons. The summed E-state index contributed by atoms with van der Waals surface area (Å²) in [7, 11) is 0. The lowest BCUT2D eigenvalue weighted by molar-refractivity contribution is 0.517. The first kappa shape index (κ1) is 16.7. The van der Waals surface area contributed by atoms with Crippen LogP contribution in [0.2, 0.25) is 0 Å². The Kier molecular flexibility index (Phi) is 6.43. The van der Waals surface area contributed by atoms with Gasteiger partial charge in [-0.3, -0.25) is 0 Å². The van der Waals surface area contributed by atoms with E-state index in [2.05, 4.69) is 73.9 Å². The average Bonchev–Trinajstić information content (AvgIpc) is 2.47. The summed E-state index contributed by atoms with van der Waals surface area (Å²) in [6.07, 6.45) is 2.33. The molecule has 0 saturated carbocycles. The SMILES string of the molecule is CCCNC(CC)c1ccccc1N1CC(C)SC(C)C1. The van der Waals surface area contributed by atoms with Gasteiger partial charge in [0.2, 0.25) is 0 Å². The van der Waals surface area contributed by atoms with Crippen LogP contribution in [-0.4, -0.2) is 30.1 Å². The molecule has 1 aliphatic rings. The van der Waals surface area contributed by atoms with Gasteiger partial charge in [-0.15, -0.1) is 0 Å². The van der Waals surface area contributed by atoms with Crippen molar-refractivity contribution >= 4 is 17.4 Å². The lowest BCUT2D eigenvalue weighted by Crippen LogP contribution is -2.41. The van der Waals surface area contributed by atoms with E-state index in [0.717, 1.165) is 26.1 Å². The van der Waals surface area contributed by atoms with Crippen molar-refractivity contribution in [1.82, 2.24) is 5.32 Å². The average molecular weight is 307 g/mol. The van der Waals surface area contributed by atoms with Gasteiger partial charge in [-0.05, 0) is 31.0 Å². The third kappa shape index (κ3) is 4.40. The molecule has 0 radical (unpaired) electrons. The first-order valence-electron chi connectivity index (χ1n) is 8.38. The van der Waals surface area contributed by atoms with Gasteiger partial charge in [0, 0.05) is 35.3 Å². The number of para-hydroxylation sites is 1. The molecule has 0 aromatic heterocycles. The van der Waals surface area contributed by atoms with E-state index in [4.69, 9.17) is 0 Å². The van der Waals surface area contributed by atoms with Crippen LogP contribution in [0.4, 0.5) is 5.69 Å². The zero-order valence-corrected chi connectivity index (χ0v) is 14.7. The maximum Gasteiger partial charge on any atom is 0.0415 e. The van der Waals surface area contributed by atoms with Crippen molar-refractivity contribution in [3.8, 4) is 0 Å². The molecule has 1 aliphatic heterocycles. The van der Waals surface area contributed by atoms with Crippen LogP contribution in [0.15, 0.2) is 24.3 Å². The van der Waals surface area contributed by atoms with Crippen LogP contribution in [0.25, 0.3) is 0 Å². The second-order valence-electron chi connectivity index (χ2n) is 6.14. The minimum Gasteiger partial charge on any atom is -0.369 e. The maximum absolute atomic E-state index is 3.71. The minimum absolute atomic E-state index is 0.473. The molecule has 0 aliphatic carbocycles. The van der Waals surface area contributed by atoms with Gasteiger partial charge in [0.1, 0.15) is 0 Å². The summed E-state index contributed by atoms with van der Waals surface area (Å²) in [4.78, 5) is 2.59. The van der Waals surface area contributed by atoms with Crippen LogP contribution in [0.5, 0.6) is 0 Å². The topological polar surface area (TPSA) is 15.3 Å². The van der Waals surface area contributed by atoms with Crippen molar-refractivity contribution in [2.75, 3.05) is 24.5 Å². The predicted molar refractivity (Wildman–Crippen MR) is 96.5 cm³/mol. The van der Waals surface area contributed by atoms with Crippen LogP contribution in [0.1, 0.15) is 52.1 Å². The Morgan fingerprint density at radius 3 is 2.48 bits per heavy atom. The predicted octanol–water partition coefficient (Wildman–Crippen LogP) is 4.47. The Balaban J connectivity index is 2.22. The highest BCUT2D eigenvalue weighted by molar-refractivity contribution is 8.00. The van der Waals surface area contributed by atoms with E-state index < -0.39 is 0 Å². The molecule has 1 fully saturated rings. The largest absolute Gasteiger partial charge is 0.369 e. The molecule has 1 aromatic carbocycles. The van der Waals surface area contributed by atoms with Gasteiger partial charge in [-0.25, -0.2) is 0 Å². The monoisotopic (exact) mass is 306 g/mol. The van der Waals surface area contributed by atoms with E-state index in [-0.39, 0.29) is 0 Å². The fourth-order valence-electron chi connectivity index (χ4n) is 3.24. The van der Waals surface area contributed by atoms with Crippen LogP contribution in [0.3, 0.4) is 0 Å². The highest BCUT2D eigenvalue weighted by Crippen LogP contribution is 2.33. The summed E-state index contributed by atoms with van der Waals surface area (Å²) < 4.78 is 0. The quantitative estimate of drug-likeness (QED) is 0.835. The third-order valence-corrected chi connectivity index (χ3v) is 5.35. The molecule has 0 amide bonds. The molecule has 2 nitrogen and oxygen atoms in total. The summed E-state index contributed by atoms with van der Waals surface area (Å²) in [5.74, 6) is 0. The number of hydrogen-bond donors (Lipinski definition) is 1. The number of rotatable bonds is 6. The van der Waals surface area contributed by atoms with Crippen molar-refractivity contribution in [2.24, 2.45) is 0 Å². The fourth-order valence-corrected chi connectivity index (χ4v) is 4.56. The molecule has 2 rings (SSSR count).